The molecule has 1 unspecified atom stereocenters. The second-order valence-electron chi connectivity index (χ2n) is 9.43. The molecule has 8 nitrogen and oxygen atoms in total. The minimum Gasteiger partial charge on any atom is -0.381 e. The summed E-state index contributed by atoms with van der Waals surface area (Å²) in [6.45, 7) is 6.72. The van der Waals surface area contributed by atoms with Crippen LogP contribution in [0, 0.1) is 12.8 Å². The Morgan fingerprint density at radius 2 is 1.87 bits per heavy atom. The predicted molar refractivity (Wildman–Crippen MR) is 118 cm³/mol. The van der Waals surface area contributed by atoms with Crippen molar-refractivity contribution in [1.29, 1.82) is 0 Å². The van der Waals surface area contributed by atoms with E-state index in [0.29, 0.717) is 30.1 Å². The first kappa shape index (κ1) is 22.3. The average Bonchev–Trinajstić information content (AvgIpc) is 3.59. The van der Waals surface area contributed by atoms with Crippen LogP contribution in [0.1, 0.15) is 54.6 Å². The lowest BCUT2D eigenvalue weighted by atomic mass is 9.98. The summed E-state index contributed by atoms with van der Waals surface area (Å²) in [4.78, 5) is 32.1. The number of likely N-dealkylation sites (N-methyl/N-ethyl adjacent to an activating group) is 1. The molecule has 0 radical (unpaired) electrons. The molecule has 0 bridgehead atoms. The molecule has 31 heavy (non-hydrogen) atoms. The van der Waals surface area contributed by atoms with Crippen molar-refractivity contribution in [3.8, 4) is 0 Å². The molecule has 3 fully saturated rings. The molecule has 2 amide bonds. The van der Waals surface area contributed by atoms with Crippen molar-refractivity contribution >= 4 is 11.8 Å². The third-order valence-electron chi connectivity index (χ3n) is 7.27. The molecular formula is C23H37N5O3. The van der Waals surface area contributed by atoms with Gasteiger partial charge in [0.25, 0.3) is 5.91 Å². The summed E-state index contributed by atoms with van der Waals surface area (Å²) in [7, 11) is 3.73. The largest absolute Gasteiger partial charge is 0.381 e. The molecule has 1 saturated carbocycles. The third-order valence-corrected chi connectivity index (χ3v) is 7.27. The van der Waals surface area contributed by atoms with Crippen LogP contribution in [0.5, 0.6) is 0 Å². The van der Waals surface area contributed by atoms with Crippen LogP contribution < -0.4 is 0 Å². The van der Waals surface area contributed by atoms with E-state index in [-0.39, 0.29) is 11.8 Å². The Balaban J connectivity index is 1.41. The van der Waals surface area contributed by atoms with Gasteiger partial charge >= 0.3 is 0 Å². The second kappa shape index (κ2) is 9.69. The molecule has 2 aliphatic heterocycles. The van der Waals surface area contributed by atoms with E-state index < -0.39 is 0 Å². The first-order valence-electron chi connectivity index (χ1n) is 11.8. The highest BCUT2D eigenvalue weighted by atomic mass is 16.5. The van der Waals surface area contributed by atoms with Gasteiger partial charge in [0.2, 0.25) is 5.91 Å². The van der Waals surface area contributed by atoms with Gasteiger partial charge in [-0.05, 0) is 45.4 Å². The van der Waals surface area contributed by atoms with Crippen LogP contribution in [0.2, 0.25) is 0 Å². The minimum absolute atomic E-state index is 0.0201. The van der Waals surface area contributed by atoms with E-state index in [0.717, 1.165) is 77.1 Å². The number of aromatic nitrogens is 2. The van der Waals surface area contributed by atoms with Gasteiger partial charge in [0.15, 0.2) is 0 Å². The van der Waals surface area contributed by atoms with E-state index in [9.17, 15) is 9.59 Å². The monoisotopic (exact) mass is 431 g/mol. The highest BCUT2D eigenvalue weighted by Crippen LogP contribution is 2.33. The van der Waals surface area contributed by atoms with Crippen LogP contribution >= 0.6 is 0 Å². The zero-order valence-electron chi connectivity index (χ0n) is 19.3. The molecule has 1 aliphatic carbocycles. The van der Waals surface area contributed by atoms with Crippen LogP contribution in [-0.2, 0) is 16.6 Å². The van der Waals surface area contributed by atoms with Crippen molar-refractivity contribution in [1.82, 2.24) is 24.5 Å². The average molecular weight is 432 g/mol. The number of piperidine rings is 1. The predicted octanol–water partition coefficient (Wildman–Crippen LogP) is 1.68. The number of rotatable bonds is 7. The summed E-state index contributed by atoms with van der Waals surface area (Å²) >= 11 is 0. The number of carbonyl (C=O) groups excluding carboxylic acids is 2. The van der Waals surface area contributed by atoms with E-state index >= 15 is 0 Å². The van der Waals surface area contributed by atoms with Gasteiger partial charge in [-0.3, -0.25) is 19.2 Å². The highest BCUT2D eigenvalue weighted by molar-refractivity contribution is 5.94. The van der Waals surface area contributed by atoms with Gasteiger partial charge in [-0.1, -0.05) is 0 Å². The summed E-state index contributed by atoms with van der Waals surface area (Å²) in [5.74, 6) is 0.657. The number of likely N-dealkylation sites (tertiary alicyclic amines) is 1. The Kier molecular flexibility index (Phi) is 6.96. The fourth-order valence-corrected chi connectivity index (χ4v) is 4.98. The maximum atomic E-state index is 12.9. The van der Waals surface area contributed by atoms with Gasteiger partial charge in [-0.15, -0.1) is 0 Å². The Hall–Kier alpha value is -1.93. The van der Waals surface area contributed by atoms with Crippen molar-refractivity contribution in [3.05, 3.63) is 17.5 Å². The van der Waals surface area contributed by atoms with Gasteiger partial charge in [-0.2, -0.15) is 5.10 Å². The summed E-state index contributed by atoms with van der Waals surface area (Å²) in [6, 6.07) is 0.821. The van der Waals surface area contributed by atoms with E-state index in [1.807, 2.05) is 25.9 Å². The van der Waals surface area contributed by atoms with Crippen LogP contribution in [0.4, 0.5) is 0 Å². The lowest BCUT2D eigenvalue weighted by Gasteiger charge is -2.44. The maximum absolute atomic E-state index is 12.9. The van der Waals surface area contributed by atoms with Gasteiger partial charge < -0.3 is 14.5 Å². The SMILES string of the molecule is Cc1c(C(=O)N(C)CCN(C2CCOCC2)C2CCCN(C(=O)C3CC3)C2)cnn1C. The minimum atomic E-state index is 0.0201. The van der Waals surface area contributed by atoms with Crippen molar-refractivity contribution in [2.24, 2.45) is 13.0 Å². The number of hydrogen-bond acceptors (Lipinski definition) is 5. The van der Waals surface area contributed by atoms with Crippen molar-refractivity contribution in [2.75, 3.05) is 46.4 Å². The smallest absolute Gasteiger partial charge is 0.257 e. The van der Waals surface area contributed by atoms with E-state index in [1.54, 1.807) is 10.9 Å². The Labute approximate surface area is 185 Å². The second-order valence-corrected chi connectivity index (χ2v) is 9.43. The first-order chi connectivity index (χ1) is 15.0. The molecule has 172 valence electrons. The molecule has 4 rings (SSSR count). The topological polar surface area (TPSA) is 70.9 Å². The molecule has 0 aromatic carbocycles. The van der Waals surface area contributed by atoms with Gasteiger partial charge in [0, 0.05) is 77.2 Å². The lowest BCUT2D eigenvalue weighted by molar-refractivity contribution is -0.135. The molecule has 1 aromatic rings. The third kappa shape index (κ3) is 5.12. The van der Waals surface area contributed by atoms with Gasteiger partial charge in [0.1, 0.15) is 0 Å². The molecule has 1 atom stereocenters. The molecule has 3 heterocycles. The lowest BCUT2D eigenvalue weighted by Crippen LogP contribution is -2.55. The molecule has 2 saturated heterocycles. The number of aryl methyl sites for hydroxylation is 1. The van der Waals surface area contributed by atoms with Crippen LogP contribution in [0.3, 0.4) is 0 Å². The summed E-state index contributed by atoms with van der Waals surface area (Å²) in [6.07, 6.45) is 8.00. The zero-order valence-corrected chi connectivity index (χ0v) is 19.3. The van der Waals surface area contributed by atoms with Crippen LogP contribution in [-0.4, -0.2) is 94.8 Å². The molecule has 8 heteroatoms. The highest BCUT2D eigenvalue weighted by Gasteiger charge is 2.38. The molecule has 0 N–H and O–H groups in total. The Morgan fingerprint density at radius 3 is 2.52 bits per heavy atom. The molecular weight excluding hydrogens is 394 g/mol. The number of nitrogens with zero attached hydrogens (tertiary/aromatic N) is 5. The quantitative estimate of drug-likeness (QED) is 0.657. The Bertz CT molecular complexity index is 784. The number of hydrogen-bond donors (Lipinski definition) is 0. The fourth-order valence-electron chi connectivity index (χ4n) is 4.98. The standard InChI is InChI=1S/C23H37N5O3/c1-17-21(15-24-26(17)3)23(30)25(2)11-12-28(19-8-13-31-14-9-19)20-5-4-10-27(16-20)22(29)18-6-7-18/h15,18-20H,4-14,16H2,1-3H3. The van der Waals surface area contributed by atoms with Crippen LogP contribution in [0.15, 0.2) is 6.20 Å². The number of carbonyl (C=O) groups is 2. The number of amides is 2. The summed E-state index contributed by atoms with van der Waals surface area (Å²) in [5, 5.41) is 4.21. The first-order valence-corrected chi connectivity index (χ1v) is 11.8. The zero-order chi connectivity index (χ0) is 22.0. The molecule has 1 aromatic heterocycles. The van der Waals surface area contributed by atoms with Crippen molar-refractivity contribution < 1.29 is 14.3 Å². The summed E-state index contributed by atoms with van der Waals surface area (Å²) in [5.41, 5.74) is 1.56. The van der Waals surface area contributed by atoms with E-state index in [1.165, 1.54) is 0 Å². The van der Waals surface area contributed by atoms with E-state index in [4.69, 9.17) is 4.74 Å². The fraction of sp³-hybridized carbons (Fsp3) is 0.783. The van der Waals surface area contributed by atoms with Crippen molar-refractivity contribution in [2.45, 2.75) is 57.5 Å². The molecule has 3 aliphatic rings. The van der Waals surface area contributed by atoms with Crippen molar-refractivity contribution in [3.63, 3.8) is 0 Å². The Morgan fingerprint density at radius 1 is 1.13 bits per heavy atom. The maximum Gasteiger partial charge on any atom is 0.257 e. The number of ether oxygens (including phenoxy) is 1. The normalized spacial score (nSPS) is 22.7. The molecule has 0 spiro atoms. The van der Waals surface area contributed by atoms with Gasteiger partial charge in [-0.25, -0.2) is 0 Å². The summed E-state index contributed by atoms with van der Waals surface area (Å²) < 4.78 is 7.35. The van der Waals surface area contributed by atoms with Gasteiger partial charge in [0.05, 0.1) is 11.8 Å². The van der Waals surface area contributed by atoms with E-state index in [2.05, 4.69) is 14.9 Å². The van der Waals surface area contributed by atoms with Crippen LogP contribution in [0.25, 0.3) is 0 Å².